The predicted molar refractivity (Wildman–Crippen MR) is 68.4 cm³/mol. The molecule has 0 aliphatic heterocycles. The first-order valence-corrected chi connectivity index (χ1v) is 6.15. The van der Waals surface area contributed by atoms with Crippen LogP contribution in [-0.4, -0.2) is 25.5 Å². The molecular weight excluding hydrogens is 301 g/mol. The summed E-state index contributed by atoms with van der Waals surface area (Å²) < 4.78 is 39.7. The molecule has 2 heterocycles. The first-order chi connectivity index (χ1) is 10.3. The van der Waals surface area contributed by atoms with E-state index in [1.165, 1.54) is 23.9 Å². The monoisotopic (exact) mass is 312 g/mol. The number of carbonyl (C=O) groups is 1. The van der Waals surface area contributed by atoms with Crippen LogP contribution in [-0.2, 0) is 17.5 Å². The third-order valence-corrected chi connectivity index (χ3v) is 2.80. The highest BCUT2D eigenvalue weighted by molar-refractivity contribution is 5.92. The van der Waals surface area contributed by atoms with Gasteiger partial charge >= 0.3 is 6.18 Å². The van der Waals surface area contributed by atoms with Gasteiger partial charge in [-0.2, -0.15) is 28.6 Å². The van der Waals surface area contributed by atoms with Crippen LogP contribution in [0.25, 0.3) is 0 Å². The van der Waals surface area contributed by atoms with E-state index in [0.717, 1.165) is 16.9 Å². The molecule has 0 radical (unpaired) electrons. The average molecular weight is 312 g/mol. The van der Waals surface area contributed by atoms with Gasteiger partial charge in [0.1, 0.15) is 12.6 Å². The Bertz CT molecular complexity index is 711. The van der Waals surface area contributed by atoms with E-state index in [1.54, 1.807) is 0 Å². The lowest BCUT2D eigenvalue weighted by Gasteiger charge is -2.11. The second-order valence-corrected chi connectivity index (χ2v) is 4.40. The van der Waals surface area contributed by atoms with E-state index >= 15 is 0 Å². The topological polar surface area (TPSA) is 88.5 Å². The third-order valence-electron chi connectivity index (χ3n) is 2.80. The maximum atomic E-state index is 12.5. The molecule has 10 heteroatoms. The second-order valence-electron chi connectivity index (χ2n) is 4.40. The summed E-state index contributed by atoms with van der Waals surface area (Å²) >= 11 is 0. The molecule has 0 spiro atoms. The Morgan fingerprint density at radius 2 is 2.14 bits per heavy atom. The van der Waals surface area contributed by atoms with Gasteiger partial charge in [0, 0.05) is 18.5 Å². The standard InChI is InChI=1S/C12H11F3N6O/c1-8(21-6-2-9(18-21)12(13,14)15)11(22)17-10-3-5-20(19-10)7-4-16/h2-3,5-6,8H,7H2,1H3,(H,17,19,22). The van der Waals surface area contributed by atoms with E-state index in [4.69, 9.17) is 5.26 Å². The van der Waals surface area contributed by atoms with Gasteiger partial charge in [-0.1, -0.05) is 0 Å². The Morgan fingerprint density at radius 1 is 1.41 bits per heavy atom. The van der Waals surface area contributed by atoms with Crippen LogP contribution in [0.4, 0.5) is 19.0 Å². The zero-order valence-corrected chi connectivity index (χ0v) is 11.4. The van der Waals surface area contributed by atoms with Gasteiger partial charge < -0.3 is 5.32 Å². The van der Waals surface area contributed by atoms with Gasteiger partial charge in [-0.25, -0.2) is 0 Å². The number of halogens is 3. The summed E-state index contributed by atoms with van der Waals surface area (Å²) in [4.78, 5) is 12.0. The maximum Gasteiger partial charge on any atom is 0.435 e. The van der Waals surface area contributed by atoms with Gasteiger partial charge in [-0.15, -0.1) is 0 Å². The number of rotatable bonds is 4. The highest BCUT2D eigenvalue weighted by Gasteiger charge is 2.34. The number of anilines is 1. The number of aromatic nitrogens is 4. The summed E-state index contributed by atoms with van der Waals surface area (Å²) in [5.41, 5.74) is -1.06. The summed E-state index contributed by atoms with van der Waals surface area (Å²) in [6, 6.07) is 3.21. The molecule has 1 atom stereocenters. The molecule has 0 bridgehead atoms. The molecule has 22 heavy (non-hydrogen) atoms. The molecule has 0 fully saturated rings. The van der Waals surface area contributed by atoms with Crippen LogP contribution in [0, 0.1) is 11.3 Å². The number of nitriles is 1. The molecule has 1 amide bonds. The molecule has 0 aliphatic rings. The fourth-order valence-corrected chi connectivity index (χ4v) is 1.64. The molecule has 2 rings (SSSR count). The third kappa shape index (κ3) is 3.43. The van der Waals surface area contributed by atoms with Gasteiger partial charge in [0.25, 0.3) is 0 Å². The molecule has 2 aromatic rings. The summed E-state index contributed by atoms with van der Waals surface area (Å²) in [6.07, 6.45) is -1.97. The highest BCUT2D eigenvalue weighted by atomic mass is 19.4. The highest BCUT2D eigenvalue weighted by Crippen LogP contribution is 2.27. The van der Waals surface area contributed by atoms with Gasteiger partial charge in [-0.05, 0) is 13.0 Å². The molecule has 7 nitrogen and oxygen atoms in total. The lowest BCUT2D eigenvalue weighted by Crippen LogP contribution is -2.24. The van der Waals surface area contributed by atoms with Crippen molar-refractivity contribution in [3.63, 3.8) is 0 Å². The van der Waals surface area contributed by atoms with Gasteiger partial charge in [0.2, 0.25) is 5.91 Å². The molecule has 1 N–H and O–H groups in total. The SMILES string of the molecule is CC(C(=O)Nc1ccn(CC#N)n1)n1ccc(C(F)(F)F)n1. The fraction of sp³-hybridized carbons (Fsp3) is 0.333. The maximum absolute atomic E-state index is 12.5. The van der Waals surface area contributed by atoms with Gasteiger partial charge in [-0.3, -0.25) is 14.2 Å². The Balaban J connectivity index is 2.05. The van der Waals surface area contributed by atoms with Crippen molar-refractivity contribution in [3.8, 4) is 6.07 Å². The summed E-state index contributed by atoms with van der Waals surface area (Å²) in [7, 11) is 0. The van der Waals surface area contributed by atoms with Crippen molar-refractivity contribution in [3.05, 3.63) is 30.2 Å². The first-order valence-electron chi connectivity index (χ1n) is 6.15. The number of nitrogens with one attached hydrogen (secondary N) is 1. The second kappa shape index (κ2) is 5.88. The fourth-order valence-electron chi connectivity index (χ4n) is 1.64. The van der Waals surface area contributed by atoms with Crippen LogP contribution in [0.5, 0.6) is 0 Å². The van der Waals surface area contributed by atoms with E-state index in [9.17, 15) is 18.0 Å². The number of nitrogens with zero attached hydrogens (tertiary/aromatic N) is 5. The van der Waals surface area contributed by atoms with Gasteiger partial charge in [0.15, 0.2) is 11.5 Å². The Morgan fingerprint density at radius 3 is 2.73 bits per heavy atom. The van der Waals surface area contributed by atoms with Crippen LogP contribution in [0.1, 0.15) is 18.7 Å². The lowest BCUT2D eigenvalue weighted by molar-refractivity contribution is -0.141. The van der Waals surface area contributed by atoms with E-state index in [2.05, 4.69) is 15.5 Å². The van der Waals surface area contributed by atoms with Crippen LogP contribution in [0.3, 0.4) is 0 Å². The minimum absolute atomic E-state index is 0.0273. The summed E-state index contributed by atoms with van der Waals surface area (Å²) in [5.74, 6) is -0.366. The molecule has 0 aliphatic carbocycles. The van der Waals surface area contributed by atoms with Crippen molar-refractivity contribution in [2.75, 3.05) is 5.32 Å². The molecule has 0 aromatic carbocycles. The normalized spacial score (nSPS) is 12.7. The predicted octanol–water partition coefficient (Wildman–Crippen LogP) is 1.82. The largest absolute Gasteiger partial charge is 0.435 e. The van der Waals surface area contributed by atoms with E-state index in [-0.39, 0.29) is 12.4 Å². The average Bonchev–Trinajstić information content (AvgIpc) is 3.07. The molecule has 0 saturated carbocycles. The summed E-state index contributed by atoms with van der Waals surface area (Å²) in [6.45, 7) is 1.44. The molecule has 2 aromatic heterocycles. The zero-order chi connectivity index (χ0) is 16.3. The van der Waals surface area contributed by atoms with Crippen molar-refractivity contribution < 1.29 is 18.0 Å². The van der Waals surface area contributed by atoms with Crippen LogP contribution in [0.2, 0.25) is 0 Å². The minimum Gasteiger partial charge on any atom is -0.307 e. The minimum atomic E-state index is -4.56. The Hall–Kier alpha value is -2.83. The molecule has 0 saturated heterocycles. The number of hydrogen-bond donors (Lipinski definition) is 1. The Kier molecular flexibility index (Phi) is 4.16. The van der Waals surface area contributed by atoms with E-state index in [0.29, 0.717) is 0 Å². The zero-order valence-electron chi connectivity index (χ0n) is 11.4. The van der Waals surface area contributed by atoms with Crippen LogP contribution >= 0.6 is 0 Å². The van der Waals surface area contributed by atoms with E-state index < -0.39 is 23.8 Å². The van der Waals surface area contributed by atoms with Crippen molar-refractivity contribution in [2.45, 2.75) is 25.7 Å². The van der Waals surface area contributed by atoms with Crippen LogP contribution in [0.15, 0.2) is 24.5 Å². The molecule has 1 unspecified atom stereocenters. The number of amides is 1. The lowest BCUT2D eigenvalue weighted by atomic mass is 10.3. The number of alkyl halides is 3. The van der Waals surface area contributed by atoms with Crippen molar-refractivity contribution in [1.29, 1.82) is 5.26 Å². The van der Waals surface area contributed by atoms with E-state index in [1.807, 2.05) is 6.07 Å². The smallest absolute Gasteiger partial charge is 0.307 e. The van der Waals surface area contributed by atoms with Crippen molar-refractivity contribution in [1.82, 2.24) is 19.6 Å². The quantitative estimate of drug-likeness (QED) is 0.932. The van der Waals surface area contributed by atoms with Crippen molar-refractivity contribution in [2.24, 2.45) is 0 Å². The number of hydrogen-bond acceptors (Lipinski definition) is 4. The Labute approximate surface area is 122 Å². The first kappa shape index (κ1) is 15.6. The van der Waals surface area contributed by atoms with Crippen LogP contribution < -0.4 is 5.32 Å². The summed E-state index contributed by atoms with van der Waals surface area (Å²) in [5, 5.41) is 18.2. The molecular formula is C12H11F3N6O. The van der Waals surface area contributed by atoms with Crippen molar-refractivity contribution >= 4 is 11.7 Å². The molecule has 116 valence electrons. The van der Waals surface area contributed by atoms with Gasteiger partial charge in [0.05, 0.1) is 6.07 Å². The number of carbonyl (C=O) groups excluding carboxylic acids is 1.